The molecule has 20 heavy (non-hydrogen) atoms. The van der Waals surface area contributed by atoms with E-state index in [0.717, 1.165) is 34.4 Å². The van der Waals surface area contributed by atoms with Crippen LogP contribution in [0.25, 0.3) is 11.3 Å². The maximum atomic E-state index is 11.6. The van der Waals surface area contributed by atoms with Crippen molar-refractivity contribution in [1.82, 2.24) is 9.55 Å². The van der Waals surface area contributed by atoms with Gasteiger partial charge in [0.25, 0.3) is 0 Å². The van der Waals surface area contributed by atoms with Crippen molar-refractivity contribution in [3.8, 4) is 11.3 Å². The molecule has 0 fully saturated rings. The largest absolute Gasteiger partial charge is 0.326 e. The Morgan fingerprint density at radius 3 is 2.75 bits per heavy atom. The lowest BCUT2D eigenvalue weighted by Crippen LogP contribution is -2.17. The number of hydrogen-bond acceptors (Lipinski definition) is 3. The summed E-state index contributed by atoms with van der Waals surface area (Å²) in [6.45, 7) is 4.80. The molecule has 0 radical (unpaired) electrons. The first-order chi connectivity index (χ1) is 9.63. The van der Waals surface area contributed by atoms with Gasteiger partial charge in [0.15, 0.2) is 5.16 Å². The van der Waals surface area contributed by atoms with E-state index < -0.39 is 0 Å². The van der Waals surface area contributed by atoms with Crippen molar-refractivity contribution in [3.05, 3.63) is 30.5 Å². The molecule has 0 bridgehead atoms. The van der Waals surface area contributed by atoms with Gasteiger partial charge in [0.1, 0.15) is 0 Å². The molecule has 4 nitrogen and oxygen atoms in total. The number of benzene rings is 1. The Morgan fingerprint density at radius 1 is 1.35 bits per heavy atom. The second-order valence-corrected chi connectivity index (χ2v) is 6.23. The summed E-state index contributed by atoms with van der Waals surface area (Å²) in [5.74, 6) is 1.14. The first-order valence-electron chi connectivity index (χ1n) is 6.75. The molecular weight excluding hydrogens is 270 g/mol. The van der Waals surface area contributed by atoms with Crippen LogP contribution in [-0.4, -0.2) is 21.2 Å². The summed E-state index contributed by atoms with van der Waals surface area (Å²) in [7, 11) is 0. The average molecular weight is 287 g/mol. The van der Waals surface area contributed by atoms with E-state index in [-0.39, 0.29) is 11.8 Å². The Hall–Kier alpha value is -1.75. The van der Waals surface area contributed by atoms with Crippen LogP contribution in [0.15, 0.2) is 35.6 Å². The van der Waals surface area contributed by atoms with Gasteiger partial charge in [-0.2, -0.15) is 0 Å². The molecule has 3 rings (SSSR count). The number of carbonyl (C=O) groups is 1. The number of anilines is 1. The zero-order valence-electron chi connectivity index (χ0n) is 11.6. The van der Waals surface area contributed by atoms with Crippen molar-refractivity contribution in [2.24, 2.45) is 5.92 Å². The fraction of sp³-hybridized carbons (Fsp3) is 0.333. The first-order valence-corrected chi connectivity index (χ1v) is 7.73. The van der Waals surface area contributed by atoms with Gasteiger partial charge in [0.05, 0.1) is 5.69 Å². The molecule has 0 aliphatic carbocycles. The monoisotopic (exact) mass is 287 g/mol. The number of imidazole rings is 1. The summed E-state index contributed by atoms with van der Waals surface area (Å²) in [6, 6.07) is 7.85. The van der Waals surface area contributed by atoms with Gasteiger partial charge in [-0.3, -0.25) is 4.79 Å². The topological polar surface area (TPSA) is 46.9 Å². The number of amides is 1. The Kier molecular flexibility index (Phi) is 3.53. The van der Waals surface area contributed by atoms with Crippen LogP contribution in [0, 0.1) is 5.92 Å². The smallest absolute Gasteiger partial charge is 0.226 e. The van der Waals surface area contributed by atoms with Crippen LogP contribution in [0.2, 0.25) is 0 Å². The molecule has 0 atom stereocenters. The van der Waals surface area contributed by atoms with Gasteiger partial charge in [0.2, 0.25) is 5.91 Å². The van der Waals surface area contributed by atoms with Crippen molar-refractivity contribution in [1.29, 1.82) is 0 Å². The Labute approximate surface area is 122 Å². The molecule has 0 spiro atoms. The third-order valence-electron chi connectivity index (χ3n) is 3.28. The maximum absolute atomic E-state index is 11.6. The van der Waals surface area contributed by atoms with Crippen molar-refractivity contribution in [2.45, 2.75) is 25.5 Å². The van der Waals surface area contributed by atoms with Gasteiger partial charge in [-0.15, -0.1) is 0 Å². The van der Waals surface area contributed by atoms with E-state index in [1.807, 2.05) is 38.1 Å². The minimum Gasteiger partial charge on any atom is -0.326 e. The van der Waals surface area contributed by atoms with Crippen molar-refractivity contribution in [3.63, 3.8) is 0 Å². The van der Waals surface area contributed by atoms with E-state index in [1.165, 1.54) is 0 Å². The van der Waals surface area contributed by atoms with Gasteiger partial charge in [-0.1, -0.05) is 37.7 Å². The predicted octanol–water partition coefficient (Wildman–Crippen LogP) is 3.25. The molecule has 1 aliphatic rings. The van der Waals surface area contributed by atoms with Crippen LogP contribution in [-0.2, 0) is 11.3 Å². The summed E-state index contributed by atoms with van der Waals surface area (Å²) >= 11 is 1.79. The quantitative estimate of drug-likeness (QED) is 0.942. The second kappa shape index (κ2) is 5.32. The molecule has 0 unspecified atom stereocenters. The van der Waals surface area contributed by atoms with E-state index in [1.54, 1.807) is 11.8 Å². The highest BCUT2D eigenvalue weighted by molar-refractivity contribution is 7.99. The van der Waals surface area contributed by atoms with Crippen molar-refractivity contribution < 1.29 is 4.79 Å². The fourth-order valence-corrected chi connectivity index (χ4v) is 3.00. The first kappa shape index (κ1) is 13.2. The van der Waals surface area contributed by atoms with Gasteiger partial charge in [-0.25, -0.2) is 4.98 Å². The summed E-state index contributed by atoms with van der Waals surface area (Å²) < 4.78 is 2.19. The van der Waals surface area contributed by atoms with Crippen molar-refractivity contribution >= 4 is 23.4 Å². The van der Waals surface area contributed by atoms with E-state index in [9.17, 15) is 4.79 Å². The number of nitrogens with one attached hydrogen (secondary N) is 1. The summed E-state index contributed by atoms with van der Waals surface area (Å²) in [5, 5.41) is 3.98. The van der Waals surface area contributed by atoms with Crippen LogP contribution in [0.1, 0.15) is 13.8 Å². The minimum absolute atomic E-state index is 0.0113. The Bertz CT molecular complexity index is 610. The number of fused-ring (bicyclic) bond motifs is 1. The summed E-state index contributed by atoms with van der Waals surface area (Å²) in [6.07, 6.45) is 2.09. The van der Waals surface area contributed by atoms with E-state index >= 15 is 0 Å². The highest BCUT2D eigenvalue weighted by Crippen LogP contribution is 2.29. The molecule has 1 N–H and O–H groups in total. The normalized spacial score (nSPS) is 13.6. The van der Waals surface area contributed by atoms with E-state index in [4.69, 9.17) is 0 Å². The molecule has 0 saturated heterocycles. The van der Waals surface area contributed by atoms with Crippen molar-refractivity contribution in [2.75, 3.05) is 11.1 Å². The number of thioether (sulfide) groups is 1. The third-order valence-corrected chi connectivity index (χ3v) is 4.25. The number of carbonyl (C=O) groups excluding carboxylic acids is 1. The Balaban J connectivity index is 1.77. The molecular formula is C15H17N3OS. The van der Waals surface area contributed by atoms with Crippen LogP contribution in [0.4, 0.5) is 5.69 Å². The maximum Gasteiger partial charge on any atom is 0.226 e. The molecule has 1 aromatic carbocycles. The van der Waals surface area contributed by atoms with Gasteiger partial charge < -0.3 is 9.88 Å². The standard InChI is InChI=1S/C15H17N3OS/c1-10(2)14(19)16-12-5-3-11(4-6-12)13-9-18-7-8-20-15(18)17-13/h3-6,9-10H,7-8H2,1-2H3,(H,16,19). The molecule has 2 aromatic rings. The molecule has 2 heterocycles. The van der Waals surface area contributed by atoms with E-state index in [0.29, 0.717) is 0 Å². The number of hydrogen-bond donors (Lipinski definition) is 1. The minimum atomic E-state index is -0.0113. The second-order valence-electron chi connectivity index (χ2n) is 5.17. The van der Waals surface area contributed by atoms with Gasteiger partial charge in [0, 0.05) is 35.7 Å². The Morgan fingerprint density at radius 2 is 2.10 bits per heavy atom. The lowest BCUT2D eigenvalue weighted by atomic mass is 10.1. The zero-order valence-corrected chi connectivity index (χ0v) is 12.4. The summed E-state index contributed by atoms with van der Waals surface area (Å²) in [4.78, 5) is 16.3. The number of nitrogens with zero attached hydrogens (tertiary/aromatic N) is 2. The van der Waals surface area contributed by atoms with Crippen LogP contribution < -0.4 is 5.32 Å². The summed E-state index contributed by atoms with van der Waals surface area (Å²) in [5.41, 5.74) is 2.90. The SMILES string of the molecule is CC(C)C(=O)Nc1ccc(-c2cn3c(n2)SCC3)cc1. The lowest BCUT2D eigenvalue weighted by molar-refractivity contribution is -0.118. The highest BCUT2D eigenvalue weighted by atomic mass is 32.2. The zero-order chi connectivity index (χ0) is 14.1. The van der Waals surface area contributed by atoms with Crippen LogP contribution >= 0.6 is 11.8 Å². The van der Waals surface area contributed by atoms with Crippen LogP contribution in [0.3, 0.4) is 0 Å². The van der Waals surface area contributed by atoms with Gasteiger partial charge in [-0.05, 0) is 12.1 Å². The van der Waals surface area contributed by atoms with E-state index in [2.05, 4.69) is 21.1 Å². The molecule has 104 valence electrons. The molecule has 1 aliphatic heterocycles. The molecule has 1 amide bonds. The third kappa shape index (κ3) is 2.58. The average Bonchev–Trinajstić information content (AvgIpc) is 3.00. The number of rotatable bonds is 3. The number of aromatic nitrogens is 2. The highest BCUT2D eigenvalue weighted by Gasteiger charge is 2.15. The van der Waals surface area contributed by atoms with Gasteiger partial charge >= 0.3 is 0 Å². The molecule has 5 heteroatoms. The molecule has 1 aromatic heterocycles. The lowest BCUT2D eigenvalue weighted by Gasteiger charge is -2.07. The number of aryl methyl sites for hydroxylation is 1. The predicted molar refractivity (Wildman–Crippen MR) is 81.9 cm³/mol. The fourth-order valence-electron chi connectivity index (χ4n) is 2.06. The van der Waals surface area contributed by atoms with Crippen LogP contribution in [0.5, 0.6) is 0 Å². The molecule has 0 saturated carbocycles.